The fourth-order valence-corrected chi connectivity index (χ4v) is 1.68. The highest BCUT2D eigenvalue weighted by Gasteiger charge is 2.16. The van der Waals surface area contributed by atoms with Crippen LogP contribution in [0.3, 0.4) is 0 Å². The number of aryl methyl sites for hydroxylation is 1. The van der Waals surface area contributed by atoms with Gasteiger partial charge < -0.3 is 0 Å². The molecule has 5 nitrogen and oxygen atoms in total. The van der Waals surface area contributed by atoms with E-state index in [1.54, 1.807) is 18.3 Å². The Labute approximate surface area is 103 Å². The van der Waals surface area contributed by atoms with E-state index in [4.69, 9.17) is 11.6 Å². The minimum Gasteiger partial charge on any atom is -0.258 e. The summed E-state index contributed by atoms with van der Waals surface area (Å²) < 4.78 is 1.47. The van der Waals surface area contributed by atoms with Crippen LogP contribution in [0.4, 0.5) is 5.69 Å². The second-order valence-electron chi connectivity index (χ2n) is 3.63. The lowest BCUT2D eigenvalue weighted by molar-refractivity contribution is -0.384. The second-order valence-corrected chi connectivity index (χ2v) is 3.90. The lowest BCUT2D eigenvalue weighted by Gasteiger charge is -2.03. The van der Waals surface area contributed by atoms with E-state index in [1.165, 1.54) is 10.7 Å². The molecule has 0 saturated heterocycles. The summed E-state index contributed by atoms with van der Waals surface area (Å²) in [6.45, 7) is 1.81. The molecule has 1 aromatic heterocycles. The molecule has 0 bridgehead atoms. The first-order valence-corrected chi connectivity index (χ1v) is 5.51. The van der Waals surface area contributed by atoms with E-state index in [1.807, 2.05) is 13.0 Å². The van der Waals surface area contributed by atoms with Gasteiger partial charge in [-0.3, -0.25) is 10.1 Å². The minimum absolute atomic E-state index is 0.0363. The average molecular weight is 252 g/mol. The standard InChI is InChI=1S/C11H10ClN3O2/c1-8-2-3-10(11(6-8)15(16)17)14-5-4-9(7-12)13-14/h2-6H,7H2,1H3. The maximum Gasteiger partial charge on any atom is 0.295 e. The Bertz CT molecular complexity index is 566. The summed E-state index contributed by atoms with van der Waals surface area (Å²) in [5.41, 5.74) is 2.00. The fourth-order valence-electron chi connectivity index (χ4n) is 1.54. The highest BCUT2D eigenvalue weighted by Crippen LogP contribution is 2.23. The molecular formula is C11H10ClN3O2. The Morgan fingerprint density at radius 2 is 2.24 bits per heavy atom. The highest BCUT2D eigenvalue weighted by molar-refractivity contribution is 6.16. The molecule has 0 atom stereocenters. The summed E-state index contributed by atoms with van der Waals surface area (Å²) in [6, 6.07) is 6.75. The number of nitrogens with zero attached hydrogens (tertiary/aromatic N) is 3. The smallest absolute Gasteiger partial charge is 0.258 e. The van der Waals surface area contributed by atoms with Crippen LogP contribution in [0.25, 0.3) is 5.69 Å². The van der Waals surface area contributed by atoms with Crippen molar-refractivity contribution in [3.05, 3.63) is 51.8 Å². The topological polar surface area (TPSA) is 61.0 Å². The number of rotatable bonds is 3. The summed E-state index contributed by atoms with van der Waals surface area (Å²) in [5, 5.41) is 15.1. The molecule has 0 unspecified atom stereocenters. The van der Waals surface area contributed by atoms with Gasteiger partial charge in [-0.15, -0.1) is 11.6 Å². The quantitative estimate of drug-likeness (QED) is 0.479. The number of nitro benzene ring substituents is 1. The molecule has 17 heavy (non-hydrogen) atoms. The molecule has 0 aliphatic heterocycles. The summed E-state index contributed by atoms with van der Waals surface area (Å²) in [5.74, 6) is 0.284. The van der Waals surface area contributed by atoms with E-state index in [2.05, 4.69) is 5.10 Å². The molecule has 1 aromatic carbocycles. The zero-order chi connectivity index (χ0) is 12.4. The van der Waals surface area contributed by atoms with Crippen LogP contribution in [0.5, 0.6) is 0 Å². The Hall–Kier alpha value is -1.88. The van der Waals surface area contributed by atoms with Crippen LogP contribution in [-0.4, -0.2) is 14.7 Å². The predicted octanol–water partition coefficient (Wildman–Crippen LogP) is 2.83. The molecule has 6 heteroatoms. The molecule has 1 heterocycles. The monoisotopic (exact) mass is 251 g/mol. The molecular weight excluding hydrogens is 242 g/mol. The maximum absolute atomic E-state index is 11.0. The van der Waals surface area contributed by atoms with Gasteiger partial charge in [-0.05, 0) is 24.6 Å². The normalized spacial score (nSPS) is 10.5. The van der Waals surface area contributed by atoms with Gasteiger partial charge in [-0.1, -0.05) is 6.07 Å². The Morgan fingerprint density at radius 1 is 1.47 bits per heavy atom. The maximum atomic E-state index is 11.0. The Kier molecular flexibility index (Phi) is 3.10. The zero-order valence-electron chi connectivity index (χ0n) is 9.13. The third-order valence-corrected chi connectivity index (χ3v) is 2.63. The molecule has 0 fully saturated rings. The van der Waals surface area contributed by atoms with Crippen molar-refractivity contribution in [2.24, 2.45) is 0 Å². The predicted molar refractivity (Wildman–Crippen MR) is 64.5 cm³/mol. The van der Waals surface area contributed by atoms with Crippen molar-refractivity contribution >= 4 is 17.3 Å². The molecule has 0 aliphatic carbocycles. The molecule has 0 saturated carbocycles. The molecule has 2 rings (SSSR count). The van der Waals surface area contributed by atoms with Gasteiger partial charge in [0.15, 0.2) is 0 Å². The van der Waals surface area contributed by atoms with E-state index in [0.29, 0.717) is 11.4 Å². The zero-order valence-corrected chi connectivity index (χ0v) is 9.89. The van der Waals surface area contributed by atoms with E-state index in [0.717, 1.165) is 5.56 Å². The van der Waals surface area contributed by atoms with Crippen LogP contribution < -0.4 is 0 Å². The minimum atomic E-state index is -0.412. The van der Waals surface area contributed by atoms with Gasteiger partial charge in [-0.2, -0.15) is 5.10 Å². The van der Waals surface area contributed by atoms with Crippen molar-refractivity contribution in [3.63, 3.8) is 0 Å². The molecule has 0 amide bonds. The van der Waals surface area contributed by atoms with Crippen LogP contribution in [0.15, 0.2) is 30.5 Å². The van der Waals surface area contributed by atoms with Crippen LogP contribution in [0, 0.1) is 17.0 Å². The van der Waals surface area contributed by atoms with Gasteiger partial charge in [0.05, 0.1) is 16.5 Å². The van der Waals surface area contributed by atoms with Gasteiger partial charge >= 0.3 is 0 Å². The SMILES string of the molecule is Cc1ccc(-n2ccc(CCl)n2)c([N+](=O)[O-])c1. The van der Waals surface area contributed by atoms with E-state index in [-0.39, 0.29) is 11.6 Å². The Morgan fingerprint density at radius 3 is 2.82 bits per heavy atom. The third-order valence-electron chi connectivity index (χ3n) is 2.36. The summed E-state index contributed by atoms with van der Waals surface area (Å²) in [7, 11) is 0. The lowest BCUT2D eigenvalue weighted by Crippen LogP contribution is -2.01. The van der Waals surface area contributed by atoms with Crippen molar-refractivity contribution in [2.75, 3.05) is 0 Å². The molecule has 0 radical (unpaired) electrons. The first-order chi connectivity index (χ1) is 8.11. The number of hydrogen-bond acceptors (Lipinski definition) is 3. The summed E-state index contributed by atoms with van der Waals surface area (Å²) >= 11 is 5.65. The summed E-state index contributed by atoms with van der Waals surface area (Å²) in [6.07, 6.45) is 1.66. The number of halogens is 1. The number of nitro groups is 1. The van der Waals surface area contributed by atoms with Gasteiger partial charge in [0, 0.05) is 12.3 Å². The first kappa shape index (κ1) is 11.6. The van der Waals surface area contributed by atoms with Gasteiger partial charge in [-0.25, -0.2) is 4.68 Å². The van der Waals surface area contributed by atoms with Crippen molar-refractivity contribution in [1.82, 2.24) is 9.78 Å². The van der Waals surface area contributed by atoms with E-state index < -0.39 is 4.92 Å². The van der Waals surface area contributed by atoms with Gasteiger partial charge in [0.25, 0.3) is 5.69 Å². The Balaban J connectivity index is 2.54. The lowest BCUT2D eigenvalue weighted by atomic mass is 10.2. The van der Waals surface area contributed by atoms with Gasteiger partial charge in [0.2, 0.25) is 0 Å². The highest BCUT2D eigenvalue weighted by atomic mass is 35.5. The van der Waals surface area contributed by atoms with Crippen molar-refractivity contribution in [2.45, 2.75) is 12.8 Å². The van der Waals surface area contributed by atoms with Crippen LogP contribution in [0.1, 0.15) is 11.3 Å². The number of aromatic nitrogens is 2. The fraction of sp³-hybridized carbons (Fsp3) is 0.182. The van der Waals surface area contributed by atoms with Crippen molar-refractivity contribution in [1.29, 1.82) is 0 Å². The van der Waals surface area contributed by atoms with Crippen molar-refractivity contribution in [3.8, 4) is 5.69 Å². The number of benzene rings is 1. The largest absolute Gasteiger partial charge is 0.295 e. The number of hydrogen-bond donors (Lipinski definition) is 0. The van der Waals surface area contributed by atoms with Crippen LogP contribution >= 0.6 is 11.6 Å². The molecule has 0 N–H and O–H groups in total. The average Bonchev–Trinajstić information content (AvgIpc) is 2.77. The number of alkyl halides is 1. The van der Waals surface area contributed by atoms with Crippen LogP contribution in [0.2, 0.25) is 0 Å². The van der Waals surface area contributed by atoms with Gasteiger partial charge in [0.1, 0.15) is 5.69 Å². The molecule has 2 aromatic rings. The molecule has 0 spiro atoms. The second kappa shape index (κ2) is 4.55. The van der Waals surface area contributed by atoms with Crippen molar-refractivity contribution < 1.29 is 4.92 Å². The molecule has 0 aliphatic rings. The first-order valence-electron chi connectivity index (χ1n) is 4.98. The molecule has 88 valence electrons. The van der Waals surface area contributed by atoms with E-state index >= 15 is 0 Å². The van der Waals surface area contributed by atoms with E-state index in [9.17, 15) is 10.1 Å². The van der Waals surface area contributed by atoms with Crippen LogP contribution in [-0.2, 0) is 5.88 Å². The third kappa shape index (κ3) is 2.29. The summed E-state index contributed by atoms with van der Waals surface area (Å²) in [4.78, 5) is 10.5.